The maximum atomic E-state index is 12.6. The van der Waals surface area contributed by atoms with Crippen LogP contribution in [-0.2, 0) is 23.1 Å². The zero-order valence-electron chi connectivity index (χ0n) is 18.2. The summed E-state index contributed by atoms with van der Waals surface area (Å²) in [5.41, 5.74) is 4.13. The van der Waals surface area contributed by atoms with Crippen LogP contribution in [0.2, 0.25) is 5.02 Å². The molecule has 0 aliphatic carbocycles. The molecule has 0 aliphatic heterocycles. The smallest absolute Gasteiger partial charge is 0.251 e. The van der Waals surface area contributed by atoms with E-state index in [2.05, 4.69) is 10.0 Å². The van der Waals surface area contributed by atoms with Gasteiger partial charge in [-0.25, -0.2) is 13.1 Å². The third-order valence-corrected chi connectivity index (χ3v) is 6.99. The van der Waals surface area contributed by atoms with E-state index in [0.29, 0.717) is 17.1 Å². The molecule has 0 saturated heterocycles. The number of carbonyl (C=O) groups excluding carboxylic acids is 1. The lowest BCUT2D eigenvalue weighted by Gasteiger charge is -2.09. The van der Waals surface area contributed by atoms with Crippen LogP contribution < -0.4 is 10.0 Å². The predicted molar refractivity (Wildman–Crippen MR) is 135 cm³/mol. The molecule has 0 heterocycles. The summed E-state index contributed by atoms with van der Waals surface area (Å²) in [6.07, 6.45) is 0. The average molecular weight is 491 g/mol. The van der Waals surface area contributed by atoms with Crippen LogP contribution in [0.5, 0.6) is 0 Å². The highest BCUT2D eigenvalue weighted by Crippen LogP contribution is 2.22. The van der Waals surface area contributed by atoms with Gasteiger partial charge in [-0.05, 0) is 58.7 Å². The van der Waals surface area contributed by atoms with Gasteiger partial charge in [-0.15, -0.1) is 0 Å². The molecule has 4 aromatic rings. The van der Waals surface area contributed by atoms with Crippen LogP contribution in [0.4, 0.5) is 0 Å². The van der Waals surface area contributed by atoms with Gasteiger partial charge < -0.3 is 5.32 Å². The number of hydrogen-bond acceptors (Lipinski definition) is 3. The fourth-order valence-electron chi connectivity index (χ4n) is 3.38. The zero-order chi connectivity index (χ0) is 24.0. The van der Waals surface area contributed by atoms with Gasteiger partial charge in [0, 0.05) is 23.7 Å². The van der Waals surface area contributed by atoms with Crippen molar-refractivity contribution in [2.24, 2.45) is 0 Å². The van der Waals surface area contributed by atoms with E-state index in [1.807, 2.05) is 54.6 Å². The van der Waals surface area contributed by atoms with Crippen LogP contribution in [-0.4, -0.2) is 14.3 Å². The van der Waals surface area contributed by atoms with Gasteiger partial charge in [0.1, 0.15) is 0 Å². The van der Waals surface area contributed by atoms with Gasteiger partial charge in [0.2, 0.25) is 10.0 Å². The van der Waals surface area contributed by atoms with Gasteiger partial charge >= 0.3 is 0 Å². The molecule has 0 fully saturated rings. The number of amides is 1. The molecule has 0 aromatic heterocycles. The summed E-state index contributed by atoms with van der Waals surface area (Å²) in [7, 11) is -3.62. The Bertz CT molecular complexity index is 1350. The van der Waals surface area contributed by atoms with Gasteiger partial charge in [-0.1, -0.05) is 78.3 Å². The van der Waals surface area contributed by atoms with Crippen molar-refractivity contribution in [3.05, 3.63) is 125 Å². The minimum absolute atomic E-state index is 0.174. The van der Waals surface area contributed by atoms with E-state index >= 15 is 0 Å². The summed E-state index contributed by atoms with van der Waals surface area (Å²) in [6, 6.07) is 30.5. The summed E-state index contributed by atoms with van der Waals surface area (Å²) < 4.78 is 27.8. The Labute approximate surface area is 204 Å². The first-order chi connectivity index (χ1) is 16.4. The fourth-order valence-corrected chi connectivity index (χ4v) is 4.53. The molecular weight excluding hydrogens is 468 g/mol. The Balaban J connectivity index is 1.37. The van der Waals surface area contributed by atoms with Crippen molar-refractivity contribution in [2.75, 3.05) is 0 Å². The Morgan fingerprint density at radius 2 is 1.24 bits per heavy atom. The van der Waals surface area contributed by atoms with Crippen molar-refractivity contribution in [3.63, 3.8) is 0 Å². The second kappa shape index (κ2) is 10.7. The molecule has 1 amide bonds. The molecule has 34 heavy (non-hydrogen) atoms. The summed E-state index contributed by atoms with van der Waals surface area (Å²) in [4.78, 5) is 12.6. The lowest BCUT2D eigenvalue weighted by Crippen LogP contribution is -2.23. The number of carbonyl (C=O) groups is 1. The van der Waals surface area contributed by atoms with Gasteiger partial charge in [-0.3, -0.25) is 4.79 Å². The van der Waals surface area contributed by atoms with Crippen molar-refractivity contribution >= 4 is 27.5 Å². The Kier molecular flexibility index (Phi) is 7.43. The molecule has 0 aliphatic rings. The van der Waals surface area contributed by atoms with Gasteiger partial charge in [0.05, 0.1) is 4.90 Å². The molecule has 0 bridgehead atoms. The third-order valence-electron chi connectivity index (χ3n) is 5.32. The van der Waals surface area contributed by atoms with Crippen molar-refractivity contribution in [3.8, 4) is 11.1 Å². The van der Waals surface area contributed by atoms with E-state index in [9.17, 15) is 13.2 Å². The van der Waals surface area contributed by atoms with Crippen LogP contribution >= 0.6 is 11.6 Å². The Hall–Kier alpha value is -3.45. The number of benzene rings is 4. The highest BCUT2D eigenvalue weighted by atomic mass is 35.5. The summed E-state index contributed by atoms with van der Waals surface area (Å²) in [6.45, 7) is 0.637. The molecule has 0 spiro atoms. The van der Waals surface area contributed by atoms with E-state index in [-0.39, 0.29) is 17.3 Å². The molecule has 172 valence electrons. The molecule has 4 aromatic carbocycles. The molecular formula is C27H23ClN2O3S. The average Bonchev–Trinajstić information content (AvgIpc) is 2.88. The quantitative estimate of drug-likeness (QED) is 0.346. The van der Waals surface area contributed by atoms with E-state index in [0.717, 1.165) is 22.3 Å². The molecule has 0 unspecified atom stereocenters. The minimum Gasteiger partial charge on any atom is -0.348 e. The Morgan fingerprint density at radius 3 is 1.85 bits per heavy atom. The van der Waals surface area contributed by atoms with E-state index in [1.165, 1.54) is 0 Å². The lowest BCUT2D eigenvalue weighted by molar-refractivity contribution is 0.0951. The summed E-state index contributed by atoms with van der Waals surface area (Å²) in [5.74, 6) is -0.174. The lowest BCUT2D eigenvalue weighted by atomic mass is 10.0. The van der Waals surface area contributed by atoms with Crippen LogP contribution in [0.25, 0.3) is 11.1 Å². The summed E-state index contributed by atoms with van der Waals surface area (Å²) in [5, 5.41) is 3.54. The van der Waals surface area contributed by atoms with E-state index in [1.54, 1.807) is 48.5 Å². The maximum absolute atomic E-state index is 12.6. The van der Waals surface area contributed by atoms with Crippen molar-refractivity contribution in [1.29, 1.82) is 0 Å². The Morgan fingerprint density at radius 1 is 0.676 bits per heavy atom. The topological polar surface area (TPSA) is 75.3 Å². The number of sulfonamides is 1. The SMILES string of the molecule is O=C(NCc1ccc(Cl)cc1)c1ccc(-c2ccc(S(=O)(=O)NCc3ccccc3)cc2)cc1. The molecule has 0 saturated carbocycles. The van der Waals surface area contributed by atoms with E-state index < -0.39 is 10.0 Å². The number of halogens is 1. The van der Waals surface area contributed by atoms with Crippen LogP contribution in [0.3, 0.4) is 0 Å². The van der Waals surface area contributed by atoms with E-state index in [4.69, 9.17) is 11.6 Å². The first-order valence-electron chi connectivity index (χ1n) is 10.7. The molecule has 0 radical (unpaired) electrons. The standard InChI is InChI=1S/C27H23ClN2O3S/c28-25-14-6-21(7-15-25)18-29-27(31)24-10-8-22(9-11-24)23-12-16-26(17-13-23)34(32,33)30-19-20-4-2-1-3-5-20/h1-17,30H,18-19H2,(H,29,31). The molecule has 2 N–H and O–H groups in total. The molecule has 0 atom stereocenters. The van der Waals surface area contributed by atoms with Crippen LogP contribution in [0.1, 0.15) is 21.5 Å². The first-order valence-corrected chi connectivity index (χ1v) is 12.5. The fraction of sp³-hybridized carbons (Fsp3) is 0.0741. The van der Waals surface area contributed by atoms with Crippen LogP contribution in [0.15, 0.2) is 108 Å². The van der Waals surface area contributed by atoms with Gasteiger partial charge in [0.25, 0.3) is 5.91 Å². The van der Waals surface area contributed by atoms with Crippen molar-refractivity contribution in [2.45, 2.75) is 18.0 Å². The van der Waals surface area contributed by atoms with Gasteiger partial charge in [0.15, 0.2) is 0 Å². The highest BCUT2D eigenvalue weighted by Gasteiger charge is 2.14. The third kappa shape index (κ3) is 6.11. The largest absolute Gasteiger partial charge is 0.348 e. The second-order valence-electron chi connectivity index (χ2n) is 7.72. The summed E-state index contributed by atoms with van der Waals surface area (Å²) >= 11 is 5.88. The van der Waals surface area contributed by atoms with Crippen molar-refractivity contribution < 1.29 is 13.2 Å². The normalized spacial score (nSPS) is 11.2. The monoisotopic (exact) mass is 490 g/mol. The molecule has 7 heteroatoms. The van der Waals surface area contributed by atoms with Crippen molar-refractivity contribution in [1.82, 2.24) is 10.0 Å². The second-order valence-corrected chi connectivity index (χ2v) is 9.92. The number of hydrogen-bond donors (Lipinski definition) is 2. The maximum Gasteiger partial charge on any atom is 0.251 e. The molecule has 4 rings (SSSR count). The van der Waals surface area contributed by atoms with Crippen LogP contribution in [0, 0.1) is 0 Å². The molecule has 5 nitrogen and oxygen atoms in total. The first kappa shape index (κ1) is 23.7. The predicted octanol–water partition coefficient (Wildman–Crippen LogP) is 5.42. The minimum atomic E-state index is -3.62. The highest BCUT2D eigenvalue weighted by molar-refractivity contribution is 7.89. The zero-order valence-corrected chi connectivity index (χ0v) is 19.8. The number of rotatable bonds is 8. The van der Waals surface area contributed by atoms with Gasteiger partial charge in [-0.2, -0.15) is 0 Å². The number of nitrogens with one attached hydrogen (secondary N) is 2.